The molecule has 6 aromatic rings. The van der Waals surface area contributed by atoms with Crippen molar-refractivity contribution in [2.24, 2.45) is 0 Å². The highest BCUT2D eigenvalue weighted by Gasteiger charge is 2.43. The SMILES string of the molecule is O=C(O)c1ccc(N(c2ccccc2)c2ccc3c(c2)C(Cc2ccccc2)(Cc2ccccc2)c2ccccc2-3)cc1. The Morgan fingerprint density at radius 3 is 1.60 bits per heavy atom. The number of benzene rings is 6. The number of anilines is 3. The third-order valence-corrected chi connectivity index (χ3v) is 8.59. The molecule has 43 heavy (non-hydrogen) atoms. The number of hydrogen-bond donors (Lipinski definition) is 1. The number of aromatic carboxylic acids is 1. The van der Waals surface area contributed by atoms with Crippen LogP contribution in [0.15, 0.2) is 158 Å². The van der Waals surface area contributed by atoms with Gasteiger partial charge in [0.2, 0.25) is 0 Å². The van der Waals surface area contributed by atoms with Crippen LogP contribution in [0.4, 0.5) is 17.1 Å². The van der Waals surface area contributed by atoms with Crippen LogP contribution in [0.5, 0.6) is 0 Å². The second-order valence-corrected chi connectivity index (χ2v) is 11.2. The summed E-state index contributed by atoms with van der Waals surface area (Å²) in [6, 6.07) is 54.7. The van der Waals surface area contributed by atoms with Crippen LogP contribution < -0.4 is 4.90 Å². The second kappa shape index (κ2) is 11.1. The molecule has 0 aromatic heterocycles. The van der Waals surface area contributed by atoms with E-state index in [4.69, 9.17) is 0 Å². The molecule has 0 fully saturated rings. The Kier molecular flexibility index (Phi) is 6.84. The predicted molar refractivity (Wildman–Crippen MR) is 175 cm³/mol. The van der Waals surface area contributed by atoms with Crippen LogP contribution in [0.1, 0.15) is 32.6 Å². The summed E-state index contributed by atoms with van der Waals surface area (Å²) in [4.78, 5) is 13.8. The lowest BCUT2D eigenvalue weighted by molar-refractivity contribution is 0.0697. The van der Waals surface area contributed by atoms with E-state index in [1.807, 2.05) is 30.3 Å². The van der Waals surface area contributed by atoms with Crippen molar-refractivity contribution in [1.29, 1.82) is 0 Å². The molecule has 0 spiro atoms. The van der Waals surface area contributed by atoms with E-state index in [0.717, 1.165) is 29.9 Å². The summed E-state index contributed by atoms with van der Waals surface area (Å²) >= 11 is 0. The molecule has 1 aliphatic rings. The standard InChI is InChI=1S/C40H31NO2/c42-39(43)31-20-22-33(23-21-31)41(32-16-8-3-9-17-32)34-24-25-36-35-18-10-11-19-37(35)40(38(36)26-34,27-29-12-4-1-5-13-29)28-30-14-6-2-7-15-30/h1-26H,27-28H2,(H,42,43). The highest BCUT2D eigenvalue weighted by molar-refractivity contribution is 5.89. The Morgan fingerprint density at radius 1 is 0.512 bits per heavy atom. The number of carboxylic acid groups (broad SMARTS) is 1. The fraction of sp³-hybridized carbons (Fsp3) is 0.0750. The first-order valence-electron chi connectivity index (χ1n) is 14.6. The van der Waals surface area contributed by atoms with Gasteiger partial charge in [0.1, 0.15) is 0 Å². The first-order valence-corrected chi connectivity index (χ1v) is 14.6. The molecule has 0 amide bonds. The molecule has 3 nitrogen and oxygen atoms in total. The summed E-state index contributed by atoms with van der Waals surface area (Å²) in [6.07, 6.45) is 1.74. The van der Waals surface area contributed by atoms with Crippen LogP contribution in [0.25, 0.3) is 11.1 Å². The van der Waals surface area contributed by atoms with Crippen LogP contribution in [0.3, 0.4) is 0 Å². The van der Waals surface area contributed by atoms with Crippen molar-refractivity contribution in [2.45, 2.75) is 18.3 Å². The Hall–Kier alpha value is -5.41. The van der Waals surface area contributed by atoms with Crippen molar-refractivity contribution in [2.75, 3.05) is 4.90 Å². The summed E-state index contributed by atoms with van der Waals surface area (Å²) < 4.78 is 0. The first kappa shape index (κ1) is 26.5. The molecule has 0 saturated carbocycles. The monoisotopic (exact) mass is 557 g/mol. The van der Waals surface area contributed by atoms with Gasteiger partial charge in [-0.15, -0.1) is 0 Å². The normalized spacial score (nSPS) is 12.7. The zero-order valence-corrected chi connectivity index (χ0v) is 23.7. The number of hydrogen-bond acceptors (Lipinski definition) is 2. The van der Waals surface area contributed by atoms with Crippen molar-refractivity contribution in [1.82, 2.24) is 0 Å². The van der Waals surface area contributed by atoms with E-state index in [2.05, 4.69) is 120 Å². The maximum Gasteiger partial charge on any atom is 0.335 e. The number of nitrogens with zero attached hydrogens (tertiary/aromatic N) is 1. The smallest absolute Gasteiger partial charge is 0.335 e. The average Bonchev–Trinajstić information content (AvgIpc) is 3.31. The lowest BCUT2D eigenvalue weighted by atomic mass is 9.69. The highest BCUT2D eigenvalue weighted by Crippen LogP contribution is 2.54. The molecule has 208 valence electrons. The van der Waals surface area contributed by atoms with Crippen LogP contribution >= 0.6 is 0 Å². The van der Waals surface area contributed by atoms with Crippen molar-refractivity contribution < 1.29 is 9.90 Å². The Labute approximate surface area is 252 Å². The van der Waals surface area contributed by atoms with Gasteiger partial charge in [-0.05, 0) is 94.8 Å². The van der Waals surface area contributed by atoms with Crippen molar-refractivity contribution in [3.63, 3.8) is 0 Å². The van der Waals surface area contributed by atoms with E-state index in [0.29, 0.717) is 0 Å². The lowest BCUT2D eigenvalue weighted by Gasteiger charge is -2.34. The van der Waals surface area contributed by atoms with Gasteiger partial charge in [-0.1, -0.05) is 109 Å². The minimum atomic E-state index is -0.931. The third-order valence-electron chi connectivity index (χ3n) is 8.59. The van der Waals surface area contributed by atoms with Crippen molar-refractivity contribution in [3.05, 3.63) is 186 Å². The molecule has 0 unspecified atom stereocenters. The average molecular weight is 558 g/mol. The highest BCUT2D eigenvalue weighted by atomic mass is 16.4. The molecule has 0 heterocycles. The van der Waals surface area contributed by atoms with Gasteiger partial charge in [0, 0.05) is 22.5 Å². The molecule has 0 radical (unpaired) electrons. The van der Waals surface area contributed by atoms with E-state index in [-0.39, 0.29) is 11.0 Å². The Bertz CT molecular complexity index is 1840. The quantitative estimate of drug-likeness (QED) is 0.203. The van der Waals surface area contributed by atoms with E-state index in [1.165, 1.54) is 33.4 Å². The van der Waals surface area contributed by atoms with E-state index < -0.39 is 5.97 Å². The first-order chi connectivity index (χ1) is 21.1. The predicted octanol–water partition coefficient (Wildman–Crippen LogP) is 9.61. The maximum atomic E-state index is 11.6. The summed E-state index contributed by atoms with van der Waals surface area (Å²) in [5, 5.41) is 9.53. The van der Waals surface area contributed by atoms with Gasteiger partial charge in [0.25, 0.3) is 0 Å². The summed E-state index contributed by atoms with van der Waals surface area (Å²) in [5.41, 5.74) is 10.8. The second-order valence-electron chi connectivity index (χ2n) is 11.2. The van der Waals surface area contributed by atoms with E-state index in [9.17, 15) is 9.90 Å². The van der Waals surface area contributed by atoms with Gasteiger partial charge < -0.3 is 10.0 Å². The van der Waals surface area contributed by atoms with Crippen LogP contribution in [0, 0.1) is 0 Å². The lowest BCUT2D eigenvalue weighted by Crippen LogP contribution is -2.31. The van der Waals surface area contributed by atoms with Gasteiger partial charge in [0.15, 0.2) is 0 Å². The topological polar surface area (TPSA) is 40.5 Å². The molecule has 7 rings (SSSR count). The Balaban J connectivity index is 1.45. The van der Waals surface area contributed by atoms with Crippen LogP contribution in [0.2, 0.25) is 0 Å². The number of carboxylic acids is 1. The molecule has 3 heteroatoms. The minimum Gasteiger partial charge on any atom is -0.478 e. The minimum absolute atomic E-state index is 0.269. The zero-order chi connectivity index (χ0) is 29.2. The zero-order valence-electron chi connectivity index (χ0n) is 23.7. The van der Waals surface area contributed by atoms with Gasteiger partial charge in [0.05, 0.1) is 5.56 Å². The molecule has 6 aromatic carbocycles. The van der Waals surface area contributed by atoms with Gasteiger partial charge in [-0.25, -0.2) is 4.79 Å². The summed E-state index contributed by atoms with van der Waals surface area (Å²) in [7, 11) is 0. The van der Waals surface area contributed by atoms with E-state index >= 15 is 0 Å². The van der Waals surface area contributed by atoms with Crippen molar-refractivity contribution in [3.8, 4) is 11.1 Å². The number of rotatable bonds is 8. The Morgan fingerprint density at radius 2 is 1.00 bits per heavy atom. The summed E-state index contributed by atoms with van der Waals surface area (Å²) in [5.74, 6) is -0.931. The fourth-order valence-corrected chi connectivity index (χ4v) is 6.69. The molecule has 1 N–H and O–H groups in total. The molecular formula is C40H31NO2. The molecule has 0 atom stereocenters. The van der Waals surface area contributed by atoms with Gasteiger partial charge >= 0.3 is 5.97 Å². The molecule has 1 aliphatic carbocycles. The molecule has 0 saturated heterocycles. The van der Waals surface area contributed by atoms with E-state index in [1.54, 1.807) is 12.1 Å². The van der Waals surface area contributed by atoms with Crippen LogP contribution in [-0.4, -0.2) is 11.1 Å². The fourth-order valence-electron chi connectivity index (χ4n) is 6.69. The molecular weight excluding hydrogens is 526 g/mol. The molecule has 0 bridgehead atoms. The third kappa shape index (κ3) is 4.89. The molecule has 0 aliphatic heterocycles. The van der Waals surface area contributed by atoms with Gasteiger partial charge in [-0.3, -0.25) is 0 Å². The largest absolute Gasteiger partial charge is 0.478 e. The number of fused-ring (bicyclic) bond motifs is 3. The number of para-hydroxylation sites is 1. The van der Waals surface area contributed by atoms with Crippen molar-refractivity contribution >= 4 is 23.0 Å². The number of carbonyl (C=O) groups is 1. The maximum absolute atomic E-state index is 11.6. The summed E-state index contributed by atoms with van der Waals surface area (Å²) in [6.45, 7) is 0. The van der Waals surface area contributed by atoms with Crippen LogP contribution in [-0.2, 0) is 18.3 Å². The van der Waals surface area contributed by atoms with Gasteiger partial charge in [-0.2, -0.15) is 0 Å².